The molecular formula is C29H29N7S2. The van der Waals surface area contributed by atoms with Gasteiger partial charge in [-0.05, 0) is 75.7 Å². The Balaban J connectivity index is 1.92. The summed E-state index contributed by atoms with van der Waals surface area (Å²) in [6.07, 6.45) is 0.890. The van der Waals surface area contributed by atoms with Crippen LogP contribution in [0.1, 0.15) is 6.42 Å². The van der Waals surface area contributed by atoms with Gasteiger partial charge in [0.1, 0.15) is 10.5 Å². The third-order valence-electron chi connectivity index (χ3n) is 6.20. The van der Waals surface area contributed by atoms with Gasteiger partial charge in [0.05, 0.1) is 11.1 Å². The summed E-state index contributed by atoms with van der Waals surface area (Å²) >= 11 is 12.1. The molecule has 0 saturated carbocycles. The van der Waals surface area contributed by atoms with Gasteiger partial charge in [-0.2, -0.15) is 4.98 Å². The second-order valence-electron chi connectivity index (χ2n) is 9.13. The fraction of sp³-hybridized carbons (Fsp3) is 0.172. The van der Waals surface area contributed by atoms with E-state index in [0.717, 1.165) is 30.0 Å². The van der Waals surface area contributed by atoms with Crippen LogP contribution in [0.2, 0.25) is 0 Å². The van der Waals surface area contributed by atoms with Gasteiger partial charge in [-0.15, -0.1) is 0 Å². The lowest BCUT2D eigenvalue weighted by Crippen LogP contribution is -2.28. The van der Waals surface area contributed by atoms with Gasteiger partial charge >= 0.3 is 0 Å². The maximum Gasteiger partial charge on any atom is 0.233 e. The first-order valence-electron chi connectivity index (χ1n) is 12.4. The molecule has 9 heteroatoms. The lowest BCUT2D eigenvalue weighted by molar-refractivity contribution is 0.402. The minimum Gasteiger partial charge on any atom is -0.384 e. The van der Waals surface area contributed by atoms with Gasteiger partial charge in [-0.1, -0.05) is 66.8 Å². The first kappa shape index (κ1) is 25.7. The molecule has 0 radical (unpaired) electrons. The maximum absolute atomic E-state index is 6.98. The molecule has 0 spiro atoms. The molecule has 0 aliphatic carbocycles. The normalized spacial score (nSPS) is 11.9. The molecule has 0 fully saturated rings. The number of aromatic nitrogens is 4. The van der Waals surface area contributed by atoms with Crippen molar-refractivity contribution < 1.29 is 0 Å². The van der Waals surface area contributed by atoms with Crippen LogP contribution in [-0.4, -0.2) is 50.8 Å². The zero-order valence-electron chi connectivity index (χ0n) is 21.4. The van der Waals surface area contributed by atoms with Crippen molar-refractivity contribution in [2.24, 2.45) is 4.99 Å². The van der Waals surface area contributed by atoms with Crippen LogP contribution in [0.3, 0.4) is 0 Å². The summed E-state index contributed by atoms with van der Waals surface area (Å²) in [5.74, 6) is 0.460. The fourth-order valence-electron chi connectivity index (χ4n) is 4.41. The molecule has 3 aromatic carbocycles. The third-order valence-corrected chi connectivity index (χ3v) is 6.95. The highest BCUT2D eigenvalue weighted by Gasteiger charge is 2.19. The predicted molar refractivity (Wildman–Crippen MR) is 159 cm³/mol. The van der Waals surface area contributed by atoms with Crippen molar-refractivity contribution in [2.45, 2.75) is 6.42 Å². The van der Waals surface area contributed by atoms with Crippen LogP contribution >= 0.6 is 24.4 Å². The van der Waals surface area contributed by atoms with E-state index < -0.39 is 0 Å². The van der Waals surface area contributed by atoms with Crippen molar-refractivity contribution >= 4 is 41.3 Å². The first-order chi connectivity index (χ1) is 18.5. The van der Waals surface area contributed by atoms with E-state index in [0.29, 0.717) is 38.4 Å². The Morgan fingerprint density at radius 1 is 0.763 bits per heavy atom. The second kappa shape index (κ2) is 11.2. The molecule has 5 rings (SSSR count). The number of anilines is 1. The average molecular weight is 540 g/mol. The highest BCUT2D eigenvalue weighted by molar-refractivity contribution is 7.72. The minimum absolute atomic E-state index is 0.460. The van der Waals surface area contributed by atoms with Crippen LogP contribution < -0.4 is 11.4 Å². The maximum atomic E-state index is 6.98. The number of fused-ring (bicyclic) bond motifs is 1. The van der Waals surface area contributed by atoms with Gasteiger partial charge < -0.3 is 10.6 Å². The topological polar surface area (TPSA) is 69.3 Å². The molecule has 5 aromatic rings. The minimum atomic E-state index is 0.460. The lowest BCUT2D eigenvalue weighted by Gasteiger charge is -2.20. The Hall–Kier alpha value is -3.92. The SMILES string of the molecule is CN(C)CCCN=c1nc2c(c(N)n1-c1ccccc1)c(=S)n(-c1ccccc1)c(=S)n2-c1ccccc1. The van der Waals surface area contributed by atoms with E-state index in [4.69, 9.17) is 40.1 Å². The fourth-order valence-corrected chi connectivity index (χ4v) is 5.24. The zero-order chi connectivity index (χ0) is 26.6. The van der Waals surface area contributed by atoms with E-state index >= 15 is 0 Å². The number of para-hydroxylation sites is 3. The van der Waals surface area contributed by atoms with E-state index in [-0.39, 0.29) is 0 Å². The van der Waals surface area contributed by atoms with Crippen LogP contribution in [0.25, 0.3) is 28.1 Å². The Kier molecular flexibility index (Phi) is 7.59. The smallest absolute Gasteiger partial charge is 0.233 e. The summed E-state index contributed by atoms with van der Waals surface area (Å²) in [4.78, 5) is 12.1. The molecule has 0 aliphatic rings. The molecule has 2 N–H and O–H groups in total. The molecule has 0 unspecified atom stereocenters. The molecular weight excluding hydrogens is 511 g/mol. The Labute approximate surface area is 231 Å². The van der Waals surface area contributed by atoms with Gasteiger partial charge in [0.2, 0.25) is 5.62 Å². The molecule has 0 amide bonds. The summed E-state index contributed by atoms with van der Waals surface area (Å²) < 4.78 is 6.68. The summed E-state index contributed by atoms with van der Waals surface area (Å²) in [6.45, 7) is 1.53. The summed E-state index contributed by atoms with van der Waals surface area (Å²) in [6, 6.07) is 29.7. The molecule has 7 nitrogen and oxygen atoms in total. The number of benzene rings is 3. The summed E-state index contributed by atoms with van der Waals surface area (Å²) in [7, 11) is 4.11. The van der Waals surface area contributed by atoms with Crippen LogP contribution in [0.5, 0.6) is 0 Å². The molecule has 0 aliphatic heterocycles. The summed E-state index contributed by atoms with van der Waals surface area (Å²) in [5.41, 5.74) is 10.6. The van der Waals surface area contributed by atoms with Gasteiger partial charge in [0, 0.05) is 17.9 Å². The summed E-state index contributed by atoms with van der Waals surface area (Å²) in [5, 5.41) is 0.636. The second-order valence-corrected chi connectivity index (χ2v) is 9.89. The Bertz CT molecular complexity index is 1760. The van der Waals surface area contributed by atoms with E-state index in [9.17, 15) is 0 Å². The van der Waals surface area contributed by atoms with E-state index in [1.54, 1.807) is 0 Å². The quantitative estimate of drug-likeness (QED) is 0.219. The van der Waals surface area contributed by atoms with Crippen LogP contribution in [0.15, 0.2) is 96.0 Å². The van der Waals surface area contributed by atoms with Crippen molar-refractivity contribution in [1.29, 1.82) is 0 Å². The van der Waals surface area contributed by atoms with Crippen molar-refractivity contribution in [3.05, 3.63) is 106 Å². The van der Waals surface area contributed by atoms with Crippen LogP contribution in [0.4, 0.5) is 5.82 Å². The highest BCUT2D eigenvalue weighted by Crippen LogP contribution is 2.27. The largest absolute Gasteiger partial charge is 0.384 e. The predicted octanol–water partition coefficient (Wildman–Crippen LogP) is 5.50. The number of rotatable bonds is 7. The molecule has 2 heterocycles. The van der Waals surface area contributed by atoms with E-state index in [2.05, 4.69) is 19.0 Å². The third kappa shape index (κ3) is 4.96. The van der Waals surface area contributed by atoms with Gasteiger partial charge in [0.25, 0.3) is 0 Å². The monoisotopic (exact) mass is 539 g/mol. The van der Waals surface area contributed by atoms with Crippen molar-refractivity contribution in [3.63, 3.8) is 0 Å². The van der Waals surface area contributed by atoms with Crippen molar-refractivity contribution in [2.75, 3.05) is 32.9 Å². The van der Waals surface area contributed by atoms with Crippen molar-refractivity contribution in [1.82, 2.24) is 23.6 Å². The van der Waals surface area contributed by atoms with Crippen molar-refractivity contribution in [3.8, 4) is 17.1 Å². The molecule has 2 aromatic heterocycles. The highest BCUT2D eigenvalue weighted by atomic mass is 32.1. The van der Waals surface area contributed by atoms with Gasteiger partial charge in [-0.3, -0.25) is 18.7 Å². The Morgan fingerprint density at radius 3 is 1.79 bits per heavy atom. The first-order valence-corrected chi connectivity index (χ1v) is 13.2. The molecule has 192 valence electrons. The number of nitrogens with zero attached hydrogens (tertiary/aromatic N) is 6. The van der Waals surface area contributed by atoms with E-state index in [1.807, 2.05) is 105 Å². The van der Waals surface area contributed by atoms with Crippen LogP contribution in [-0.2, 0) is 0 Å². The van der Waals surface area contributed by atoms with Gasteiger partial charge in [0.15, 0.2) is 10.4 Å². The standard InChI is InChI=1S/C29H29N7S2/c1-33(2)20-12-19-31-28-32-26-24(25(30)34(28)21-13-6-3-7-14-21)27(37)36(23-17-10-5-11-18-23)29(38)35(26)22-15-8-4-9-16-22/h3-11,13-18H,12,19-20,30H2,1-2H3. The molecule has 38 heavy (non-hydrogen) atoms. The molecule has 0 atom stereocenters. The van der Waals surface area contributed by atoms with Crippen LogP contribution in [0, 0.1) is 9.41 Å². The van der Waals surface area contributed by atoms with Gasteiger partial charge in [-0.25, -0.2) is 0 Å². The number of nitrogen functional groups attached to an aromatic ring is 1. The molecule has 0 bridgehead atoms. The molecule has 0 saturated heterocycles. The number of nitrogens with two attached hydrogens (primary N) is 1. The number of hydrogen-bond donors (Lipinski definition) is 1. The zero-order valence-corrected chi connectivity index (χ0v) is 23.0. The van der Waals surface area contributed by atoms with E-state index in [1.165, 1.54) is 0 Å². The average Bonchev–Trinajstić information content (AvgIpc) is 2.92. The number of hydrogen-bond acceptors (Lipinski definition) is 6. The lowest BCUT2D eigenvalue weighted by atomic mass is 10.2. The Morgan fingerprint density at radius 2 is 1.26 bits per heavy atom.